The first-order chi connectivity index (χ1) is 6.81. The van der Waals surface area contributed by atoms with Crippen LogP contribution in [-0.4, -0.2) is 21.6 Å². The Kier molecular flexibility index (Phi) is 3.45. The molecule has 2 rings (SSSR count). The second kappa shape index (κ2) is 4.60. The van der Waals surface area contributed by atoms with Gasteiger partial charge in [0, 0.05) is 13.1 Å². The van der Waals surface area contributed by atoms with Crippen LogP contribution >= 0.6 is 0 Å². The number of methoxy groups -OCH3 is 1. The highest BCUT2D eigenvalue weighted by Gasteiger charge is 2.01. The molecule has 0 aliphatic carbocycles. The molecule has 0 spiro atoms. The van der Waals surface area contributed by atoms with Crippen LogP contribution in [0.1, 0.15) is 13.8 Å². The Labute approximate surface area is 83.6 Å². The molecule has 4 heteroatoms. The van der Waals surface area contributed by atoms with Crippen molar-refractivity contribution in [2.24, 2.45) is 7.05 Å². The highest BCUT2D eigenvalue weighted by Crippen LogP contribution is 2.15. The van der Waals surface area contributed by atoms with E-state index in [0.717, 1.165) is 16.9 Å². The second-order valence-electron chi connectivity index (χ2n) is 2.57. The molecule has 0 radical (unpaired) electrons. The summed E-state index contributed by atoms with van der Waals surface area (Å²) in [7, 11) is 3.53. The van der Waals surface area contributed by atoms with Crippen LogP contribution in [0.15, 0.2) is 18.6 Å². The van der Waals surface area contributed by atoms with Crippen molar-refractivity contribution >= 4 is 11.2 Å². The molecule has 0 unspecified atom stereocenters. The monoisotopic (exact) mass is 193 g/mol. The minimum absolute atomic E-state index is 0.737. The van der Waals surface area contributed by atoms with Crippen molar-refractivity contribution in [3.63, 3.8) is 0 Å². The van der Waals surface area contributed by atoms with Crippen molar-refractivity contribution < 1.29 is 4.74 Å². The molecule has 0 fully saturated rings. The first-order valence-corrected chi connectivity index (χ1v) is 4.62. The molecule has 0 atom stereocenters. The van der Waals surface area contributed by atoms with Crippen LogP contribution in [0, 0.1) is 0 Å². The van der Waals surface area contributed by atoms with Gasteiger partial charge >= 0.3 is 0 Å². The van der Waals surface area contributed by atoms with E-state index in [2.05, 4.69) is 9.97 Å². The summed E-state index contributed by atoms with van der Waals surface area (Å²) in [5, 5.41) is 0. The molecule has 76 valence electrons. The number of rotatable bonds is 1. The summed E-state index contributed by atoms with van der Waals surface area (Å²) in [6, 6.07) is 1.86. The Bertz CT molecular complexity index is 409. The number of pyridine rings is 1. The fourth-order valence-corrected chi connectivity index (χ4v) is 1.11. The van der Waals surface area contributed by atoms with Crippen LogP contribution in [0.4, 0.5) is 0 Å². The number of aryl methyl sites for hydroxylation is 1. The summed E-state index contributed by atoms with van der Waals surface area (Å²) >= 11 is 0. The topological polar surface area (TPSA) is 39.9 Å². The molecular weight excluding hydrogens is 178 g/mol. The first kappa shape index (κ1) is 10.5. The first-order valence-electron chi connectivity index (χ1n) is 4.62. The number of imidazole rings is 1. The van der Waals surface area contributed by atoms with E-state index in [0.29, 0.717) is 0 Å². The molecule has 0 aliphatic heterocycles. The van der Waals surface area contributed by atoms with E-state index in [-0.39, 0.29) is 0 Å². The van der Waals surface area contributed by atoms with E-state index >= 15 is 0 Å². The zero-order valence-electron chi connectivity index (χ0n) is 8.98. The number of nitrogens with zero attached hydrogens (tertiary/aromatic N) is 3. The Balaban J connectivity index is 0.000000461. The summed E-state index contributed by atoms with van der Waals surface area (Å²) in [5.41, 5.74) is 1.73. The lowest BCUT2D eigenvalue weighted by molar-refractivity contribution is 0.413. The lowest BCUT2D eigenvalue weighted by Gasteiger charge is -1.97. The SMILES string of the molecule is CC.COc1cnc2c(c1)ncn2C. The Hall–Kier alpha value is -1.58. The van der Waals surface area contributed by atoms with Gasteiger partial charge in [0.15, 0.2) is 5.65 Å². The Morgan fingerprint density at radius 2 is 2.00 bits per heavy atom. The van der Waals surface area contributed by atoms with E-state index in [9.17, 15) is 0 Å². The molecule has 0 aliphatic rings. The number of fused-ring (bicyclic) bond motifs is 1. The maximum Gasteiger partial charge on any atom is 0.159 e. The molecule has 0 saturated carbocycles. The molecule has 2 aromatic heterocycles. The summed E-state index contributed by atoms with van der Waals surface area (Å²) in [6.07, 6.45) is 3.42. The number of aromatic nitrogens is 3. The van der Waals surface area contributed by atoms with Crippen LogP contribution in [0.3, 0.4) is 0 Å². The third-order valence-electron chi connectivity index (χ3n) is 1.76. The third kappa shape index (κ3) is 1.84. The molecular formula is C10H15N3O. The molecule has 4 nitrogen and oxygen atoms in total. The fraction of sp³-hybridized carbons (Fsp3) is 0.400. The molecule has 0 aromatic carbocycles. The van der Waals surface area contributed by atoms with Gasteiger partial charge in [-0.1, -0.05) is 13.8 Å². The van der Waals surface area contributed by atoms with Gasteiger partial charge < -0.3 is 9.30 Å². The predicted octanol–water partition coefficient (Wildman–Crippen LogP) is 2.00. The smallest absolute Gasteiger partial charge is 0.159 e. The van der Waals surface area contributed by atoms with Crippen LogP contribution in [0.2, 0.25) is 0 Å². The average Bonchev–Trinajstić information content (AvgIpc) is 2.63. The zero-order valence-corrected chi connectivity index (χ0v) is 8.98. The largest absolute Gasteiger partial charge is 0.495 e. The average molecular weight is 193 g/mol. The van der Waals surface area contributed by atoms with Gasteiger partial charge in [-0.15, -0.1) is 0 Å². The zero-order chi connectivity index (χ0) is 10.6. The van der Waals surface area contributed by atoms with Crippen molar-refractivity contribution in [1.29, 1.82) is 0 Å². The summed E-state index contributed by atoms with van der Waals surface area (Å²) < 4.78 is 6.89. The Morgan fingerprint density at radius 1 is 1.29 bits per heavy atom. The summed E-state index contributed by atoms with van der Waals surface area (Å²) in [5.74, 6) is 0.737. The summed E-state index contributed by atoms with van der Waals surface area (Å²) in [6.45, 7) is 4.00. The summed E-state index contributed by atoms with van der Waals surface area (Å²) in [4.78, 5) is 8.33. The van der Waals surface area contributed by atoms with E-state index in [1.165, 1.54) is 0 Å². The molecule has 2 heterocycles. The van der Waals surface area contributed by atoms with E-state index in [1.54, 1.807) is 19.6 Å². The van der Waals surface area contributed by atoms with Gasteiger partial charge in [-0.2, -0.15) is 0 Å². The molecule has 14 heavy (non-hydrogen) atoms. The lowest BCUT2D eigenvalue weighted by Crippen LogP contribution is -1.88. The van der Waals surface area contributed by atoms with Crippen molar-refractivity contribution in [3.8, 4) is 5.75 Å². The number of hydrogen-bond donors (Lipinski definition) is 0. The van der Waals surface area contributed by atoms with Crippen LogP contribution < -0.4 is 4.74 Å². The van der Waals surface area contributed by atoms with E-state index < -0.39 is 0 Å². The molecule has 0 amide bonds. The van der Waals surface area contributed by atoms with E-state index in [1.807, 2.05) is 31.5 Å². The van der Waals surface area contributed by atoms with Gasteiger partial charge in [0.2, 0.25) is 0 Å². The quantitative estimate of drug-likeness (QED) is 0.695. The molecule has 2 aromatic rings. The van der Waals surface area contributed by atoms with Gasteiger partial charge in [0.25, 0.3) is 0 Å². The number of hydrogen-bond acceptors (Lipinski definition) is 3. The highest BCUT2D eigenvalue weighted by atomic mass is 16.5. The molecule has 0 bridgehead atoms. The second-order valence-corrected chi connectivity index (χ2v) is 2.57. The van der Waals surface area contributed by atoms with Gasteiger partial charge in [0.05, 0.1) is 19.6 Å². The van der Waals surface area contributed by atoms with Crippen LogP contribution in [-0.2, 0) is 7.05 Å². The minimum atomic E-state index is 0.737. The molecule has 0 saturated heterocycles. The van der Waals surface area contributed by atoms with Crippen molar-refractivity contribution in [1.82, 2.24) is 14.5 Å². The third-order valence-corrected chi connectivity index (χ3v) is 1.76. The molecule has 0 N–H and O–H groups in total. The highest BCUT2D eigenvalue weighted by molar-refractivity contribution is 5.71. The minimum Gasteiger partial charge on any atom is -0.495 e. The van der Waals surface area contributed by atoms with Gasteiger partial charge in [-0.05, 0) is 0 Å². The fourth-order valence-electron chi connectivity index (χ4n) is 1.11. The van der Waals surface area contributed by atoms with Crippen molar-refractivity contribution in [2.75, 3.05) is 7.11 Å². The van der Waals surface area contributed by atoms with Gasteiger partial charge in [-0.3, -0.25) is 0 Å². The maximum atomic E-state index is 5.02. The van der Waals surface area contributed by atoms with Gasteiger partial charge in [0.1, 0.15) is 11.3 Å². The van der Waals surface area contributed by atoms with Crippen LogP contribution in [0.25, 0.3) is 11.2 Å². The predicted molar refractivity (Wildman–Crippen MR) is 56.4 cm³/mol. The van der Waals surface area contributed by atoms with Crippen LogP contribution in [0.5, 0.6) is 5.75 Å². The number of ether oxygens (including phenoxy) is 1. The standard InChI is InChI=1S/C8H9N3O.C2H6/c1-11-5-10-7-3-6(12-2)4-9-8(7)11;1-2/h3-5H,1-2H3;1-2H3. The van der Waals surface area contributed by atoms with Crippen molar-refractivity contribution in [2.45, 2.75) is 13.8 Å². The lowest BCUT2D eigenvalue weighted by atomic mass is 10.4. The van der Waals surface area contributed by atoms with Crippen molar-refractivity contribution in [3.05, 3.63) is 18.6 Å². The Morgan fingerprint density at radius 3 is 2.64 bits per heavy atom. The normalized spacial score (nSPS) is 9.43. The maximum absolute atomic E-state index is 5.02. The van der Waals surface area contributed by atoms with E-state index in [4.69, 9.17) is 4.74 Å². The van der Waals surface area contributed by atoms with Gasteiger partial charge in [-0.25, -0.2) is 9.97 Å².